The second kappa shape index (κ2) is 7.46. The average molecular weight is 307 g/mol. The standard InChI is InChI=1S/C14H27ClO3Si/c1-8-12(18-13(16)9-15)10-17-19(6,7)14(4,5)11(2)3/h8,11-12H,1,9-10H2,2-7H3. The molecule has 0 heterocycles. The maximum absolute atomic E-state index is 11.2. The molecule has 1 atom stereocenters. The number of rotatable bonds is 8. The van der Waals surface area contributed by atoms with Gasteiger partial charge >= 0.3 is 5.97 Å². The van der Waals surface area contributed by atoms with Gasteiger partial charge in [-0.05, 0) is 30.1 Å². The SMILES string of the molecule is C=CC(CO[Si](C)(C)C(C)(C)C(C)C)OC(=O)CCl. The van der Waals surface area contributed by atoms with Gasteiger partial charge in [0.15, 0.2) is 8.32 Å². The van der Waals surface area contributed by atoms with Crippen molar-refractivity contribution in [1.82, 2.24) is 0 Å². The first-order valence-electron chi connectivity index (χ1n) is 6.60. The maximum atomic E-state index is 11.2. The number of esters is 1. The van der Waals surface area contributed by atoms with Gasteiger partial charge in [0.25, 0.3) is 0 Å². The Morgan fingerprint density at radius 1 is 1.42 bits per heavy atom. The summed E-state index contributed by atoms with van der Waals surface area (Å²) in [6.45, 7) is 17.3. The van der Waals surface area contributed by atoms with Gasteiger partial charge in [0.2, 0.25) is 0 Å². The van der Waals surface area contributed by atoms with Crippen LogP contribution in [0.5, 0.6) is 0 Å². The first-order valence-corrected chi connectivity index (χ1v) is 10.0. The smallest absolute Gasteiger partial charge is 0.321 e. The van der Waals surface area contributed by atoms with E-state index < -0.39 is 20.4 Å². The van der Waals surface area contributed by atoms with Crippen molar-refractivity contribution in [3.8, 4) is 0 Å². The van der Waals surface area contributed by atoms with Crippen molar-refractivity contribution in [3.05, 3.63) is 12.7 Å². The van der Waals surface area contributed by atoms with Crippen molar-refractivity contribution >= 4 is 25.9 Å². The number of hydrogen-bond acceptors (Lipinski definition) is 3. The maximum Gasteiger partial charge on any atom is 0.321 e. The van der Waals surface area contributed by atoms with E-state index in [0.29, 0.717) is 12.5 Å². The lowest BCUT2D eigenvalue weighted by atomic mass is 9.99. The summed E-state index contributed by atoms with van der Waals surface area (Å²) in [4.78, 5) is 11.2. The predicted molar refractivity (Wildman–Crippen MR) is 83.1 cm³/mol. The highest BCUT2D eigenvalue weighted by Gasteiger charge is 2.43. The minimum absolute atomic E-state index is 0.134. The van der Waals surface area contributed by atoms with Crippen molar-refractivity contribution in [1.29, 1.82) is 0 Å². The van der Waals surface area contributed by atoms with Crippen LogP contribution in [-0.2, 0) is 14.0 Å². The van der Waals surface area contributed by atoms with E-state index in [1.54, 1.807) is 6.08 Å². The monoisotopic (exact) mass is 306 g/mol. The van der Waals surface area contributed by atoms with Gasteiger partial charge in [-0.15, -0.1) is 11.6 Å². The van der Waals surface area contributed by atoms with Crippen molar-refractivity contribution < 1.29 is 14.0 Å². The highest BCUT2D eigenvalue weighted by Crippen LogP contribution is 2.44. The molecule has 0 saturated heterocycles. The Bertz CT molecular complexity index is 314. The second-order valence-corrected chi connectivity index (χ2v) is 11.0. The number of ether oxygens (including phenoxy) is 1. The fraction of sp³-hybridized carbons (Fsp3) is 0.786. The van der Waals surface area contributed by atoms with E-state index in [1.807, 2.05) is 0 Å². The largest absolute Gasteiger partial charge is 0.455 e. The summed E-state index contributed by atoms with van der Waals surface area (Å²) in [5.41, 5.74) is 0. The lowest BCUT2D eigenvalue weighted by Gasteiger charge is -2.42. The molecule has 0 aromatic carbocycles. The van der Waals surface area contributed by atoms with Crippen molar-refractivity contribution in [3.63, 3.8) is 0 Å². The van der Waals surface area contributed by atoms with Crippen LogP contribution in [0, 0.1) is 5.92 Å². The van der Waals surface area contributed by atoms with E-state index in [9.17, 15) is 4.79 Å². The average Bonchev–Trinajstić information content (AvgIpc) is 2.33. The molecule has 0 rings (SSSR count). The zero-order valence-corrected chi connectivity index (χ0v) is 14.7. The van der Waals surface area contributed by atoms with Crippen LogP contribution < -0.4 is 0 Å². The Hall–Kier alpha value is -0.323. The third-order valence-corrected chi connectivity index (χ3v) is 9.05. The number of hydrogen-bond donors (Lipinski definition) is 0. The second-order valence-electron chi connectivity index (χ2n) is 6.10. The van der Waals surface area contributed by atoms with Gasteiger partial charge in [-0.1, -0.05) is 34.3 Å². The van der Waals surface area contributed by atoms with Crippen LogP contribution in [0.1, 0.15) is 27.7 Å². The predicted octanol–water partition coefficient (Wildman–Crippen LogP) is 3.98. The minimum atomic E-state index is -1.91. The molecular formula is C14H27ClO3Si. The summed E-state index contributed by atoms with van der Waals surface area (Å²) in [6, 6.07) is 0. The summed E-state index contributed by atoms with van der Waals surface area (Å²) >= 11 is 5.42. The molecule has 0 aliphatic rings. The van der Waals surface area contributed by atoms with Gasteiger partial charge < -0.3 is 9.16 Å². The van der Waals surface area contributed by atoms with Crippen LogP contribution in [0.25, 0.3) is 0 Å². The number of carbonyl (C=O) groups excluding carboxylic acids is 1. The molecule has 5 heteroatoms. The lowest BCUT2D eigenvalue weighted by Crippen LogP contribution is -2.46. The summed E-state index contributed by atoms with van der Waals surface area (Å²) in [5, 5.41) is 0.134. The van der Waals surface area contributed by atoms with Crippen LogP contribution in [0.4, 0.5) is 0 Å². The summed E-state index contributed by atoms with van der Waals surface area (Å²) in [6.07, 6.45) is 1.15. The van der Waals surface area contributed by atoms with Gasteiger partial charge in [0.1, 0.15) is 12.0 Å². The van der Waals surface area contributed by atoms with E-state index in [0.717, 1.165) is 0 Å². The Labute approximate surface area is 123 Å². The molecule has 1 unspecified atom stereocenters. The van der Waals surface area contributed by atoms with Gasteiger partial charge in [0.05, 0.1) is 6.61 Å². The Balaban J connectivity index is 4.59. The van der Waals surface area contributed by atoms with Crippen molar-refractivity contribution in [2.24, 2.45) is 5.92 Å². The minimum Gasteiger partial charge on any atom is -0.455 e. The highest BCUT2D eigenvalue weighted by atomic mass is 35.5. The van der Waals surface area contributed by atoms with E-state index in [4.69, 9.17) is 20.8 Å². The molecular weight excluding hydrogens is 280 g/mol. The molecule has 0 amide bonds. The van der Waals surface area contributed by atoms with Gasteiger partial charge in [-0.25, -0.2) is 0 Å². The molecule has 0 bridgehead atoms. The number of carbonyl (C=O) groups is 1. The van der Waals surface area contributed by atoms with Crippen LogP contribution in [0.3, 0.4) is 0 Å². The highest BCUT2D eigenvalue weighted by molar-refractivity contribution is 6.74. The van der Waals surface area contributed by atoms with Gasteiger partial charge in [-0.2, -0.15) is 0 Å². The molecule has 0 fully saturated rings. The Kier molecular flexibility index (Phi) is 7.33. The molecule has 0 N–H and O–H groups in total. The molecule has 112 valence electrons. The Morgan fingerprint density at radius 2 is 1.95 bits per heavy atom. The van der Waals surface area contributed by atoms with E-state index >= 15 is 0 Å². The summed E-state index contributed by atoms with van der Waals surface area (Å²) < 4.78 is 11.2. The first-order chi connectivity index (χ1) is 8.58. The van der Waals surface area contributed by atoms with E-state index in [2.05, 4.69) is 47.4 Å². The molecule has 3 nitrogen and oxygen atoms in total. The molecule has 19 heavy (non-hydrogen) atoms. The molecule has 0 aromatic heterocycles. The molecule has 0 aliphatic carbocycles. The van der Waals surface area contributed by atoms with Crippen LogP contribution in [0.15, 0.2) is 12.7 Å². The fourth-order valence-corrected chi connectivity index (χ4v) is 3.93. The van der Waals surface area contributed by atoms with E-state index in [1.165, 1.54) is 0 Å². The molecule has 0 radical (unpaired) electrons. The van der Waals surface area contributed by atoms with Gasteiger partial charge in [-0.3, -0.25) is 4.79 Å². The molecule has 0 spiro atoms. The Morgan fingerprint density at radius 3 is 2.32 bits per heavy atom. The van der Waals surface area contributed by atoms with Crippen LogP contribution >= 0.6 is 11.6 Å². The lowest BCUT2D eigenvalue weighted by molar-refractivity contribution is -0.145. The normalized spacial score (nSPS) is 14.3. The third-order valence-electron chi connectivity index (χ3n) is 4.26. The third kappa shape index (κ3) is 5.28. The van der Waals surface area contributed by atoms with Crippen molar-refractivity contribution in [2.45, 2.75) is 51.9 Å². The quantitative estimate of drug-likeness (QED) is 0.294. The summed E-state index contributed by atoms with van der Waals surface area (Å²) in [5.74, 6) is -0.0673. The van der Waals surface area contributed by atoms with Gasteiger partial charge in [0, 0.05) is 0 Å². The number of halogens is 1. The van der Waals surface area contributed by atoms with E-state index in [-0.39, 0.29) is 10.9 Å². The van der Waals surface area contributed by atoms with Crippen LogP contribution in [0.2, 0.25) is 18.1 Å². The molecule has 0 saturated carbocycles. The van der Waals surface area contributed by atoms with Crippen LogP contribution in [-0.4, -0.2) is 32.9 Å². The zero-order chi connectivity index (χ0) is 15.3. The topological polar surface area (TPSA) is 35.5 Å². The molecule has 0 aromatic rings. The zero-order valence-electron chi connectivity index (χ0n) is 13.0. The number of alkyl halides is 1. The first kappa shape index (κ1) is 18.7. The fourth-order valence-electron chi connectivity index (χ4n) is 1.52. The summed E-state index contributed by atoms with van der Waals surface area (Å²) in [7, 11) is -1.91. The van der Waals surface area contributed by atoms with Crippen molar-refractivity contribution in [2.75, 3.05) is 12.5 Å². The molecule has 0 aliphatic heterocycles.